The number of rotatable bonds is 7. The Morgan fingerprint density at radius 3 is 2.66 bits per heavy atom. The third kappa shape index (κ3) is 5.17. The lowest BCUT2D eigenvalue weighted by atomic mass is 10.1. The molecular formula is C28H29N5O4S. The van der Waals surface area contributed by atoms with Gasteiger partial charge in [0.15, 0.2) is 10.9 Å². The maximum atomic E-state index is 13.2. The molecule has 4 aromatic rings. The lowest BCUT2D eigenvalue weighted by Crippen LogP contribution is -2.55. The van der Waals surface area contributed by atoms with E-state index in [1.807, 2.05) is 70.7 Å². The van der Waals surface area contributed by atoms with Gasteiger partial charge in [-0.1, -0.05) is 36.0 Å². The number of carbonyl (C=O) groups excluding carboxylic acids is 2. The number of hydrogen-bond donors (Lipinski definition) is 0. The van der Waals surface area contributed by atoms with Crippen molar-refractivity contribution in [3.63, 3.8) is 0 Å². The number of nitrogens with zero attached hydrogens (tertiary/aromatic N) is 5. The van der Waals surface area contributed by atoms with E-state index < -0.39 is 0 Å². The minimum atomic E-state index is -0.113. The summed E-state index contributed by atoms with van der Waals surface area (Å²) in [6.45, 7) is 5.40. The highest BCUT2D eigenvalue weighted by Gasteiger charge is 2.31. The van der Waals surface area contributed by atoms with Gasteiger partial charge < -0.3 is 19.0 Å². The molecule has 0 radical (unpaired) electrons. The van der Waals surface area contributed by atoms with Crippen molar-refractivity contribution in [1.29, 1.82) is 0 Å². The molecule has 1 aliphatic rings. The van der Waals surface area contributed by atoms with Gasteiger partial charge in [-0.15, -0.1) is 10.2 Å². The number of furan rings is 1. The molecule has 0 spiro atoms. The van der Waals surface area contributed by atoms with Crippen LogP contribution in [0.25, 0.3) is 17.3 Å². The fraction of sp³-hybridized carbons (Fsp3) is 0.286. The SMILES string of the molecule is COc1cccc(C(=O)N2CCN(C(=O)CSc3nnc(-c4ccco4)n3-c3ccccc3C)CC2C)c1. The lowest BCUT2D eigenvalue weighted by Gasteiger charge is -2.40. The smallest absolute Gasteiger partial charge is 0.254 e. The van der Waals surface area contributed by atoms with Crippen LogP contribution in [0.1, 0.15) is 22.8 Å². The second-order valence-electron chi connectivity index (χ2n) is 9.11. The molecule has 1 saturated heterocycles. The quantitative estimate of drug-likeness (QED) is 0.328. The molecule has 2 aromatic heterocycles. The molecule has 2 amide bonds. The van der Waals surface area contributed by atoms with Crippen molar-refractivity contribution in [2.45, 2.75) is 25.0 Å². The first-order chi connectivity index (χ1) is 18.5. The Kier molecular flexibility index (Phi) is 7.50. The highest BCUT2D eigenvalue weighted by atomic mass is 32.2. The summed E-state index contributed by atoms with van der Waals surface area (Å²) in [6.07, 6.45) is 1.60. The summed E-state index contributed by atoms with van der Waals surface area (Å²) >= 11 is 1.34. The number of amides is 2. The van der Waals surface area contributed by atoms with Crippen molar-refractivity contribution in [1.82, 2.24) is 24.6 Å². The van der Waals surface area contributed by atoms with Crippen LogP contribution in [-0.2, 0) is 4.79 Å². The van der Waals surface area contributed by atoms with Crippen molar-refractivity contribution < 1.29 is 18.7 Å². The Morgan fingerprint density at radius 1 is 1.08 bits per heavy atom. The van der Waals surface area contributed by atoms with Crippen molar-refractivity contribution >= 4 is 23.6 Å². The fourth-order valence-electron chi connectivity index (χ4n) is 4.59. The number of piperazine rings is 1. The number of thioether (sulfide) groups is 1. The molecule has 0 aliphatic carbocycles. The van der Waals surface area contributed by atoms with Crippen LogP contribution in [0, 0.1) is 6.92 Å². The second kappa shape index (κ2) is 11.1. The van der Waals surface area contributed by atoms with Crippen molar-refractivity contribution in [2.75, 3.05) is 32.5 Å². The second-order valence-corrected chi connectivity index (χ2v) is 10.1. The molecule has 38 heavy (non-hydrogen) atoms. The number of carbonyl (C=O) groups is 2. The van der Waals surface area contributed by atoms with E-state index in [1.165, 1.54) is 11.8 Å². The number of methoxy groups -OCH3 is 1. The number of para-hydroxylation sites is 1. The Bertz CT molecular complexity index is 1430. The van der Waals surface area contributed by atoms with Gasteiger partial charge in [0, 0.05) is 31.2 Å². The first kappa shape index (κ1) is 25.6. The van der Waals surface area contributed by atoms with E-state index in [4.69, 9.17) is 9.15 Å². The number of aryl methyl sites for hydroxylation is 1. The van der Waals surface area contributed by atoms with Crippen molar-refractivity contribution in [3.05, 3.63) is 78.1 Å². The average molecular weight is 532 g/mol. The number of benzene rings is 2. The van der Waals surface area contributed by atoms with Gasteiger partial charge in [0.25, 0.3) is 5.91 Å². The monoisotopic (exact) mass is 531 g/mol. The molecule has 1 unspecified atom stereocenters. The minimum absolute atomic E-state index is 0.00536. The number of hydrogen-bond acceptors (Lipinski definition) is 7. The Morgan fingerprint density at radius 2 is 1.92 bits per heavy atom. The van der Waals surface area contributed by atoms with E-state index in [2.05, 4.69) is 10.2 Å². The average Bonchev–Trinajstić information content (AvgIpc) is 3.62. The third-order valence-corrected chi connectivity index (χ3v) is 7.53. The van der Waals surface area contributed by atoms with Crippen LogP contribution in [0.3, 0.4) is 0 Å². The summed E-state index contributed by atoms with van der Waals surface area (Å²) in [4.78, 5) is 29.9. The van der Waals surface area contributed by atoms with Gasteiger partial charge in [0.05, 0.1) is 24.8 Å². The van der Waals surface area contributed by atoms with Gasteiger partial charge >= 0.3 is 0 Å². The zero-order chi connectivity index (χ0) is 26.6. The van der Waals surface area contributed by atoms with Crippen LogP contribution in [0.15, 0.2) is 76.5 Å². The topological polar surface area (TPSA) is 93.7 Å². The summed E-state index contributed by atoms with van der Waals surface area (Å²) in [5, 5.41) is 9.37. The summed E-state index contributed by atoms with van der Waals surface area (Å²) in [6, 6.07) is 18.6. The van der Waals surface area contributed by atoms with Gasteiger partial charge in [-0.05, 0) is 55.8 Å². The summed E-state index contributed by atoms with van der Waals surface area (Å²) in [7, 11) is 1.58. The molecular weight excluding hydrogens is 502 g/mol. The van der Waals surface area contributed by atoms with Crippen molar-refractivity contribution in [3.8, 4) is 23.0 Å². The molecule has 2 aromatic carbocycles. The van der Waals surface area contributed by atoms with Gasteiger partial charge in [-0.3, -0.25) is 14.2 Å². The molecule has 10 heteroatoms. The highest BCUT2D eigenvalue weighted by Crippen LogP contribution is 2.30. The Hall–Kier alpha value is -4.05. The number of ether oxygens (including phenoxy) is 1. The predicted octanol–water partition coefficient (Wildman–Crippen LogP) is 4.31. The van der Waals surface area contributed by atoms with E-state index in [9.17, 15) is 9.59 Å². The van der Waals surface area contributed by atoms with Crippen LogP contribution in [0.4, 0.5) is 0 Å². The molecule has 5 rings (SSSR count). The fourth-order valence-corrected chi connectivity index (χ4v) is 5.43. The standard InChI is InChI=1S/C28H29N5O4S/c1-19-8-4-5-11-23(19)33-26(24-12-7-15-37-24)29-30-28(33)38-18-25(34)31-13-14-32(20(2)17-31)27(35)21-9-6-10-22(16-21)36-3/h4-12,15-16,20H,13-14,17-18H2,1-3H3. The van der Waals surface area contributed by atoms with Crippen LogP contribution >= 0.6 is 11.8 Å². The summed E-state index contributed by atoms with van der Waals surface area (Å²) in [5.74, 6) is 1.97. The zero-order valence-corrected chi connectivity index (χ0v) is 22.4. The van der Waals surface area contributed by atoms with Crippen LogP contribution in [0.2, 0.25) is 0 Å². The molecule has 1 fully saturated rings. The van der Waals surface area contributed by atoms with E-state index in [0.717, 1.165) is 11.3 Å². The van der Waals surface area contributed by atoms with Crippen LogP contribution in [0.5, 0.6) is 5.75 Å². The molecule has 1 atom stereocenters. The molecule has 0 N–H and O–H groups in total. The normalized spacial score (nSPS) is 15.5. The van der Waals surface area contributed by atoms with Gasteiger partial charge in [-0.25, -0.2) is 0 Å². The maximum Gasteiger partial charge on any atom is 0.254 e. The van der Waals surface area contributed by atoms with E-state index in [1.54, 1.807) is 31.6 Å². The van der Waals surface area contributed by atoms with Crippen molar-refractivity contribution in [2.24, 2.45) is 0 Å². The largest absolute Gasteiger partial charge is 0.497 e. The minimum Gasteiger partial charge on any atom is -0.497 e. The molecule has 1 aliphatic heterocycles. The molecule has 9 nitrogen and oxygen atoms in total. The molecule has 0 saturated carbocycles. The van der Waals surface area contributed by atoms with Gasteiger partial charge in [0.2, 0.25) is 11.7 Å². The van der Waals surface area contributed by atoms with E-state index in [-0.39, 0.29) is 23.6 Å². The Labute approximate surface area is 225 Å². The lowest BCUT2D eigenvalue weighted by molar-refractivity contribution is -0.130. The molecule has 3 heterocycles. The highest BCUT2D eigenvalue weighted by molar-refractivity contribution is 7.99. The summed E-state index contributed by atoms with van der Waals surface area (Å²) < 4.78 is 12.8. The maximum absolute atomic E-state index is 13.2. The number of aromatic nitrogens is 3. The van der Waals surface area contributed by atoms with Crippen LogP contribution in [-0.4, -0.2) is 74.9 Å². The Balaban J connectivity index is 1.27. The van der Waals surface area contributed by atoms with Gasteiger partial charge in [-0.2, -0.15) is 0 Å². The zero-order valence-electron chi connectivity index (χ0n) is 21.5. The molecule has 196 valence electrons. The first-order valence-corrected chi connectivity index (χ1v) is 13.4. The third-order valence-electron chi connectivity index (χ3n) is 6.61. The van der Waals surface area contributed by atoms with E-state index >= 15 is 0 Å². The first-order valence-electron chi connectivity index (χ1n) is 12.4. The van der Waals surface area contributed by atoms with Crippen LogP contribution < -0.4 is 4.74 Å². The summed E-state index contributed by atoms with van der Waals surface area (Å²) in [5.41, 5.74) is 2.56. The molecule has 0 bridgehead atoms. The van der Waals surface area contributed by atoms with Gasteiger partial charge in [0.1, 0.15) is 5.75 Å². The van der Waals surface area contributed by atoms with E-state index in [0.29, 0.717) is 47.7 Å². The predicted molar refractivity (Wildman–Crippen MR) is 145 cm³/mol.